The zero-order chi connectivity index (χ0) is 8.97. The zero-order valence-electron chi connectivity index (χ0n) is 7.49. The number of hydrogen-bond donors (Lipinski definition) is 1. The van der Waals surface area contributed by atoms with Crippen LogP contribution in [-0.2, 0) is 0 Å². The maximum atomic E-state index is 5.53. The minimum absolute atomic E-state index is 0.520. The van der Waals surface area contributed by atoms with Gasteiger partial charge in [-0.3, -0.25) is 0 Å². The molecule has 0 amide bonds. The molecule has 1 aromatic rings. The third-order valence-electron chi connectivity index (χ3n) is 1.71. The Morgan fingerprint density at radius 1 is 1.42 bits per heavy atom. The topological polar surface area (TPSA) is 55.0 Å². The number of hydrogen-bond acceptors (Lipinski definition) is 4. The molecule has 12 heavy (non-hydrogen) atoms. The van der Waals surface area contributed by atoms with Crippen LogP contribution >= 0.6 is 0 Å². The summed E-state index contributed by atoms with van der Waals surface area (Å²) in [4.78, 5) is 10.3. The Balaban J connectivity index is 2.85. The summed E-state index contributed by atoms with van der Waals surface area (Å²) in [5, 5.41) is 0. The lowest BCUT2D eigenvalue weighted by Gasteiger charge is -2.17. The fourth-order valence-electron chi connectivity index (χ4n) is 1.02. The summed E-state index contributed by atoms with van der Waals surface area (Å²) < 4.78 is 0. The molecule has 0 atom stereocenters. The molecular weight excluding hydrogens is 152 g/mol. The van der Waals surface area contributed by atoms with Gasteiger partial charge in [0.05, 0.1) is 0 Å². The number of aromatic nitrogens is 2. The van der Waals surface area contributed by atoms with E-state index in [4.69, 9.17) is 5.73 Å². The summed E-state index contributed by atoms with van der Waals surface area (Å²) in [6.45, 7) is 5.94. The lowest BCUT2D eigenvalue weighted by molar-refractivity contribution is 0.822. The van der Waals surface area contributed by atoms with Crippen molar-refractivity contribution >= 4 is 11.8 Å². The summed E-state index contributed by atoms with van der Waals surface area (Å²) in [6, 6.07) is 1.69. The number of nitrogen functional groups attached to an aromatic ring is 1. The highest BCUT2D eigenvalue weighted by atomic mass is 15.2. The lowest BCUT2D eigenvalue weighted by Crippen LogP contribution is -2.24. The molecule has 1 aromatic heterocycles. The highest BCUT2D eigenvalue weighted by molar-refractivity contribution is 5.37. The second kappa shape index (κ2) is 3.90. The predicted molar refractivity (Wildman–Crippen MR) is 50.0 cm³/mol. The molecule has 0 aliphatic rings. The van der Waals surface area contributed by atoms with Crippen LogP contribution in [0.4, 0.5) is 11.8 Å². The molecule has 1 rings (SSSR count). The Labute approximate surface area is 72.4 Å². The van der Waals surface area contributed by atoms with Gasteiger partial charge in [0.1, 0.15) is 5.82 Å². The SMILES string of the molecule is CCN(CC)c1nccc(N)n1. The van der Waals surface area contributed by atoms with Crippen molar-refractivity contribution in [2.75, 3.05) is 23.7 Å². The Bertz CT molecular complexity index is 245. The molecule has 0 aliphatic carbocycles. The van der Waals surface area contributed by atoms with E-state index < -0.39 is 0 Å². The second-order valence-electron chi connectivity index (χ2n) is 2.45. The van der Waals surface area contributed by atoms with Crippen molar-refractivity contribution in [3.8, 4) is 0 Å². The summed E-state index contributed by atoms with van der Waals surface area (Å²) in [7, 11) is 0. The van der Waals surface area contributed by atoms with Gasteiger partial charge in [0.25, 0.3) is 0 Å². The van der Waals surface area contributed by atoms with Crippen molar-refractivity contribution in [2.45, 2.75) is 13.8 Å². The molecule has 0 spiro atoms. The summed E-state index contributed by atoms with van der Waals surface area (Å²) >= 11 is 0. The minimum atomic E-state index is 0.520. The average Bonchev–Trinajstić information content (AvgIpc) is 2.07. The first-order chi connectivity index (χ1) is 5.77. The molecule has 0 saturated carbocycles. The maximum Gasteiger partial charge on any atom is 0.227 e. The zero-order valence-corrected chi connectivity index (χ0v) is 7.49. The van der Waals surface area contributed by atoms with Crippen LogP contribution in [0.3, 0.4) is 0 Å². The quantitative estimate of drug-likeness (QED) is 0.725. The predicted octanol–water partition coefficient (Wildman–Crippen LogP) is 0.905. The molecule has 2 N–H and O–H groups in total. The smallest absolute Gasteiger partial charge is 0.227 e. The van der Waals surface area contributed by atoms with Crippen molar-refractivity contribution in [3.05, 3.63) is 12.3 Å². The van der Waals surface area contributed by atoms with E-state index in [1.54, 1.807) is 12.3 Å². The fraction of sp³-hybridized carbons (Fsp3) is 0.500. The fourth-order valence-corrected chi connectivity index (χ4v) is 1.02. The van der Waals surface area contributed by atoms with Crippen LogP contribution in [-0.4, -0.2) is 23.1 Å². The number of anilines is 2. The van der Waals surface area contributed by atoms with Crippen molar-refractivity contribution in [1.82, 2.24) is 9.97 Å². The Morgan fingerprint density at radius 3 is 2.58 bits per heavy atom. The molecule has 0 aromatic carbocycles. The highest BCUT2D eigenvalue weighted by Crippen LogP contribution is 2.06. The van der Waals surface area contributed by atoms with E-state index >= 15 is 0 Å². The Kier molecular flexibility index (Phi) is 2.85. The van der Waals surface area contributed by atoms with E-state index in [1.807, 2.05) is 0 Å². The number of nitrogens with zero attached hydrogens (tertiary/aromatic N) is 3. The van der Waals surface area contributed by atoms with Crippen LogP contribution in [0.25, 0.3) is 0 Å². The number of nitrogens with two attached hydrogens (primary N) is 1. The standard InChI is InChI=1S/C8H14N4/c1-3-12(4-2)8-10-6-5-7(9)11-8/h5-6H,3-4H2,1-2H3,(H2,9,10,11). The van der Waals surface area contributed by atoms with Crippen LogP contribution in [0.15, 0.2) is 12.3 Å². The average molecular weight is 166 g/mol. The van der Waals surface area contributed by atoms with Gasteiger partial charge < -0.3 is 10.6 Å². The van der Waals surface area contributed by atoms with E-state index in [0.717, 1.165) is 13.1 Å². The van der Waals surface area contributed by atoms with Crippen LogP contribution in [0.5, 0.6) is 0 Å². The lowest BCUT2D eigenvalue weighted by atomic mass is 10.5. The molecule has 66 valence electrons. The van der Waals surface area contributed by atoms with E-state index in [9.17, 15) is 0 Å². The van der Waals surface area contributed by atoms with Gasteiger partial charge in [0.2, 0.25) is 5.95 Å². The minimum Gasteiger partial charge on any atom is -0.384 e. The van der Waals surface area contributed by atoms with E-state index in [0.29, 0.717) is 11.8 Å². The van der Waals surface area contributed by atoms with Gasteiger partial charge in [-0.25, -0.2) is 4.98 Å². The van der Waals surface area contributed by atoms with Crippen LogP contribution in [0.2, 0.25) is 0 Å². The van der Waals surface area contributed by atoms with Gasteiger partial charge in [-0.2, -0.15) is 4.98 Å². The van der Waals surface area contributed by atoms with Crippen LogP contribution in [0.1, 0.15) is 13.8 Å². The first-order valence-electron chi connectivity index (χ1n) is 4.11. The van der Waals surface area contributed by atoms with Crippen molar-refractivity contribution in [1.29, 1.82) is 0 Å². The van der Waals surface area contributed by atoms with E-state index in [1.165, 1.54) is 0 Å². The summed E-state index contributed by atoms with van der Waals surface area (Å²) in [5.74, 6) is 1.23. The third-order valence-corrected chi connectivity index (χ3v) is 1.71. The van der Waals surface area contributed by atoms with Crippen molar-refractivity contribution in [3.63, 3.8) is 0 Å². The summed E-state index contributed by atoms with van der Waals surface area (Å²) in [5.41, 5.74) is 5.53. The molecule has 0 saturated heterocycles. The van der Waals surface area contributed by atoms with Gasteiger partial charge in [0, 0.05) is 19.3 Å². The normalized spacial score (nSPS) is 9.83. The van der Waals surface area contributed by atoms with Crippen molar-refractivity contribution < 1.29 is 0 Å². The highest BCUT2D eigenvalue weighted by Gasteiger charge is 2.03. The molecule has 4 nitrogen and oxygen atoms in total. The van der Waals surface area contributed by atoms with Crippen LogP contribution in [0, 0.1) is 0 Å². The Hall–Kier alpha value is -1.32. The van der Waals surface area contributed by atoms with Gasteiger partial charge in [-0.15, -0.1) is 0 Å². The first kappa shape index (κ1) is 8.77. The molecule has 0 aliphatic heterocycles. The van der Waals surface area contributed by atoms with Gasteiger partial charge >= 0.3 is 0 Å². The molecule has 1 heterocycles. The van der Waals surface area contributed by atoms with E-state index in [-0.39, 0.29) is 0 Å². The monoisotopic (exact) mass is 166 g/mol. The van der Waals surface area contributed by atoms with Gasteiger partial charge in [-0.05, 0) is 19.9 Å². The van der Waals surface area contributed by atoms with E-state index in [2.05, 4.69) is 28.7 Å². The second-order valence-corrected chi connectivity index (χ2v) is 2.45. The molecule has 0 bridgehead atoms. The largest absolute Gasteiger partial charge is 0.384 e. The molecule has 0 radical (unpaired) electrons. The third kappa shape index (κ3) is 1.84. The van der Waals surface area contributed by atoms with Crippen molar-refractivity contribution in [2.24, 2.45) is 0 Å². The molecule has 0 unspecified atom stereocenters. The van der Waals surface area contributed by atoms with Crippen LogP contribution < -0.4 is 10.6 Å². The Morgan fingerprint density at radius 2 is 2.08 bits per heavy atom. The maximum absolute atomic E-state index is 5.53. The van der Waals surface area contributed by atoms with Gasteiger partial charge in [0.15, 0.2) is 0 Å². The molecule has 4 heteroatoms. The van der Waals surface area contributed by atoms with Gasteiger partial charge in [-0.1, -0.05) is 0 Å². The molecular formula is C8H14N4. The first-order valence-corrected chi connectivity index (χ1v) is 4.11. The summed E-state index contributed by atoms with van der Waals surface area (Å²) in [6.07, 6.45) is 1.68. The molecule has 0 fully saturated rings. The number of rotatable bonds is 3.